The fourth-order valence-electron chi connectivity index (χ4n) is 2.58. The van der Waals surface area contributed by atoms with Crippen molar-refractivity contribution >= 4 is 14.1 Å². The Kier molecular flexibility index (Phi) is 17.6. The Labute approximate surface area is 138 Å². The van der Waals surface area contributed by atoms with Crippen LogP contribution in [-0.4, -0.2) is 21.5 Å². The van der Waals surface area contributed by atoms with Gasteiger partial charge in [0, 0.05) is 5.56 Å². The van der Waals surface area contributed by atoms with E-state index in [1.807, 2.05) is 0 Å². The van der Waals surface area contributed by atoms with Gasteiger partial charge >= 0.3 is 8.41 Å². The van der Waals surface area contributed by atoms with Gasteiger partial charge in [-0.1, -0.05) is 48.5 Å². The maximum absolute atomic E-state index is 2.28. The molecule has 0 amide bonds. The smallest absolute Gasteiger partial charge is 1.00 e. The molecule has 0 radical (unpaired) electrons. The van der Waals surface area contributed by atoms with Crippen molar-refractivity contribution in [2.24, 2.45) is 0 Å². The van der Waals surface area contributed by atoms with Crippen molar-refractivity contribution in [3.8, 4) is 0 Å². The van der Waals surface area contributed by atoms with Gasteiger partial charge in [-0.2, -0.15) is 0 Å². The van der Waals surface area contributed by atoms with E-state index in [4.69, 9.17) is 0 Å². The van der Waals surface area contributed by atoms with Gasteiger partial charge < -0.3 is 18.8 Å². The molecule has 2 rings (SSSR count). The van der Waals surface area contributed by atoms with E-state index in [2.05, 4.69) is 74.5 Å². The zero-order chi connectivity index (χ0) is 12.8. The summed E-state index contributed by atoms with van der Waals surface area (Å²) in [5, 5.41) is 0. The van der Waals surface area contributed by atoms with Crippen LogP contribution in [0, 0.1) is 0 Å². The Bertz CT molecular complexity index is 478. The molecule has 0 aliphatic heterocycles. The third kappa shape index (κ3) is 6.86. The number of hydrogen-bond donors (Lipinski definition) is 0. The molecule has 0 spiro atoms. The van der Waals surface area contributed by atoms with E-state index >= 15 is 0 Å². The number of nitrogens with zero attached hydrogens (tertiary/aromatic N) is 1. The van der Waals surface area contributed by atoms with Gasteiger partial charge in [-0.25, -0.2) is 0 Å². The minimum atomic E-state index is 0. The van der Waals surface area contributed by atoms with Gasteiger partial charge in [-0.15, -0.1) is 0 Å². The van der Waals surface area contributed by atoms with Crippen LogP contribution in [0.4, 0.5) is 5.69 Å². The van der Waals surface area contributed by atoms with Crippen LogP contribution >= 0.6 is 0 Å². The summed E-state index contributed by atoms with van der Waals surface area (Å²) in [6.07, 6.45) is 0. The van der Waals surface area contributed by atoms with Gasteiger partial charge in [-0.05, 0) is 26.0 Å². The van der Waals surface area contributed by atoms with E-state index in [9.17, 15) is 0 Å². The number of para-hydroxylation sites is 1. The summed E-state index contributed by atoms with van der Waals surface area (Å²) >= 11 is 0. The third-order valence-corrected chi connectivity index (χ3v) is 3.84. The largest absolute Gasteiger partial charge is 3.00 e. The van der Waals surface area contributed by atoms with Gasteiger partial charge in [-0.3, -0.25) is 4.48 Å². The molecular weight excluding hydrogens is 305 g/mol. The summed E-state index contributed by atoms with van der Waals surface area (Å²) in [7, 11) is 0. The zero-order valence-corrected chi connectivity index (χ0v) is 13.4. The Morgan fingerprint density at radius 1 is 0.652 bits per heavy atom. The van der Waals surface area contributed by atoms with Crippen molar-refractivity contribution in [3.63, 3.8) is 0 Å². The summed E-state index contributed by atoms with van der Waals surface area (Å²) < 4.78 is 1.02. The molecule has 0 unspecified atom stereocenters. The first-order chi connectivity index (χ1) is 8.80. The van der Waals surface area contributed by atoms with Crippen LogP contribution in [0.2, 0.25) is 0 Å². The fourth-order valence-corrected chi connectivity index (χ4v) is 2.58. The third-order valence-electron chi connectivity index (χ3n) is 3.84. The van der Waals surface area contributed by atoms with Crippen molar-refractivity contribution in [3.05, 3.63) is 66.2 Å². The number of quaternary nitrogens is 1. The predicted octanol–water partition coefficient (Wildman–Crippen LogP) is -8.13. The molecule has 0 aromatic heterocycles. The Morgan fingerprint density at radius 3 is 1.43 bits per heavy atom. The molecule has 0 atom stereocenters. The molecule has 0 saturated heterocycles. The summed E-state index contributed by atoms with van der Waals surface area (Å²) in [5.41, 5.74) is 2.82. The molecule has 0 aliphatic carbocycles. The minimum Gasteiger partial charge on any atom is -1.00 e. The van der Waals surface area contributed by atoms with Crippen LogP contribution < -0.4 is 23.3 Å². The second-order valence-electron chi connectivity index (χ2n) is 4.76. The normalized spacial score (nSPS) is 8.96. The van der Waals surface area contributed by atoms with E-state index in [-0.39, 0.29) is 27.2 Å². The van der Waals surface area contributed by atoms with Crippen molar-refractivity contribution in [2.75, 3.05) is 13.1 Å². The Balaban J connectivity index is -0.000000361. The molecule has 0 saturated carbocycles. The van der Waals surface area contributed by atoms with Crippen molar-refractivity contribution in [1.29, 1.82) is 0 Å². The molecule has 2 aromatic rings. The van der Waals surface area contributed by atoms with E-state index in [1.54, 1.807) is 0 Å². The number of hydrogen-bond acceptors (Lipinski definition) is 0. The standard InChI is InChI=1S/C17H22N.B.4FH/c1-3-18(4-2,17-13-9-6-10-14-17)15-16-11-7-5-8-12-16;;;;;/h5-14H,3-4,15H2,1-2H3;;4*1H/q+1;+3;;;;/p-4. The molecule has 23 heavy (non-hydrogen) atoms. The minimum absolute atomic E-state index is 0. The average Bonchev–Trinajstić information content (AvgIpc) is 2.47. The molecule has 126 valence electrons. The molecular formula is C17H22BF4N. The number of benzene rings is 2. The molecule has 6 heteroatoms. The molecule has 0 heterocycles. The van der Waals surface area contributed by atoms with Crippen LogP contribution in [0.5, 0.6) is 0 Å². The predicted molar refractivity (Wildman–Crippen MR) is 85.2 cm³/mol. The van der Waals surface area contributed by atoms with E-state index < -0.39 is 0 Å². The first-order valence-corrected chi connectivity index (χ1v) is 6.76. The molecule has 1 nitrogen and oxygen atoms in total. The SMILES string of the molecule is CC[N+](CC)(Cc1ccccc1)c1ccccc1.[B+3].[F-].[F-].[F-].[F-]. The van der Waals surface area contributed by atoms with Gasteiger partial charge in [0.2, 0.25) is 0 Å². The number of halogens is 4. The van der Waals surface area contributed by atoms with Crippen LogP contribution in [0.15, 0.2) is 60.7 Å². The monoisotopic (exact) mass is 327 g/mol. The van der Waals surface area contributed by atoms with Gasteiger partial charge in [0.1, 0.15) is 12.2 Å². The summed E-state index contributed by atoms with van der Waals surface area (Å²) in [6, 6.07) is 21.6. The molecule has 0 bridgehead atoms. The first-order valence-electron chi connectivity index (χ1n) is 6.76. The van der Waals surface area contributed by atoms with E-state index in [0.29, 0.717) is 0 Å². The number of rotatable bonds is 5. The summed E-state index contributed by atoms with van der Waals surface area (Å²) in [5.74, 6) is 0. The zero-order valence-electron chi connectivity index (χ0n) is 13.4. The maximum atomic E-state index is 2.28. The average molecular weight is 327 g/mol. The quantitative estimate of drug-likeness (QED) is 0.291. The van der Waals surface area contributed by atoms with E-state index in [1.165, 1.54) is 11.3 Å². The molecule has 0 fully saturated rings. The summed E-state index contributed by atoms with van der Waals surface area (Å²) in [4.78, 5) is 0. The second-order valence-corrected chi connectivity index (χ2v) is 4.76. The van der Waals surface area contributed by atoms with Gasteiger partial charge in [0.25, 0.3) is 0 Å². The Hall–Kier alpha value is -1.82. The Morgan fingerprint density at radius 2 is 1.04 bits per heavy atom. The molecule has 0 aliphatic rings. The first kappa shape index (κ1) is 29.2. The van der Waals surface area contributed by atoms with Crippen LogP contribution in [0.3, 0.4) is 0 Å². The van der Waals surface area contributed by atoms with Crippen molar-refractivity contribution < 1.29 is 18.8 Å². The van der Waals surface area contributed by atoms with Crippen molar-refractivity contribution in [1.82, 2.24) is 4.48 Å². The van der Waals surface area contributed by atoms with Gasteiger partial charge in [0.15, 0.2) is 0 Å². The van der Waals surface area contributed by atoms with Crippen LogP contribution in [0.25, 0.3) is 0 Å². The van der Waals surface area contributed by atoms with Crippen LogP contribution in [-0.2, 0) is 6.54 Å². The van der Waals surface area contributed by atoms with Crippen molar-refractivity contribution in [2.45, 2.75) is 20.4 Å². The van der Waals surface area contributed by atoms with Crippen LogP contribution in [0.1, 0.15) is 19.4 Å². The maximum Gasteiger partial charge on any atom is 3.00 e. The second kappa shape index (κ2) is 13.8. The fraction of sp³-hybridized carbons (Fsp3) is 0.294. The molecule has 0 N–H and O–H groups in total. The topological polar surface area (TPSA) is 0 Å². The molecule has 2 aromatic carbocycles. The van der Waals surface area contributed by atoms with Gasteiger partial charge in [0.05, 0.1) is 13.1 Å². The summed E-state index contributed by atoms with van der Waals surface area (Å²) in [6.45, 7) is 7.86. The van der Waals surface area contributed by atoms with E-state index in [0.717, 1.165) is 24.1 Å².